The lowest BCUT2D eigenvalue weighted by molar-refractivity contribution is 0.0884. The molecule has 1 aliphatic rings. The largest absolute Gasteiger partial charge is 0.460 e. The number of furan rings is 1. The predicted molar refractivity (Wildman–Crippen MR) is 56.3 cm³/mol. The van der Waals surface area contributed by atoms with Crippen molar-refractivity contribution < 1.29 is 9.21 Å². The third-order valence-electron chi connectivity index (χ3n) is 2.70. The van der Waals surface area contributed by atoms with E-state index in [1.807, 2.05) is 6.92 Å². The van der Waals surface area contributed by atoms with E-state index in [9.17, 15) is 4.79 Å². The first-order valence-corrected chi connectivity index (χ1v) is 5.50. The summed E-state index contributed by atoms with van der Waals surface area (Å²) in [6.45, 7) is 2.95. The van der Waals surface area contributed by atoms with Gasteiger partial charge in [0.05, 0.1) is 10.7 Å². The highest BCUT2D eigenvalue weighted by molar-refractivity contribution is 9.10. The number of nitrogens with one attached hydrogen (secondary N) is 1. The third kappa shape index (κ3) is 1.64. The van der Waals surface area contributed by atoms with Crippen LogP contribution in [0.1, 0.15) is 23.9 Å². The van der Waals surface area contributed by atoms with E-state index in [2.05, 4.69) is 21.2 Å². The van der Waals surface area contributed by atoms with Crippen LogP contribution in [0, 0.1) is 5.92 Å². The van der Waals surface area contributed by atoms with E-state index in [-0.39, 0.29) is 17.7 Å². The molecule has 1 aromatic heterocycles. The summed E-state index contributed by atoms with van der Waals surface area (Å²) in [4.78, 5) is 12.0. The highest BCUT2D eigenvalue weighted by Crippen LogP contribution is 2.25. The normalized spacial score (nSPS) is 26.7. The van der Waals surface area contributed by atoms with Crippen molar-refractivity contribution in [2.45, 2.75) is 19.4 Å². The number of carbonyl (C=O) groups is 1. The Bertz CT molecular complexity index is 348. The Morgan fingerprint density at radius 3 is 3.00 bits per heavy atom. The van der Waals surface area contributed by atoms with Gasteiger partial charge in [-0.05, 0) is 41.9 Å². The molecule has 0 bridgehead atoms. The minimum Gasteiger partial charge on any atom is -0.460 e. The van der Waals surface area contributed by atoms with E-state index in [0.717, 1.165) is 17.4 Å². The lowest BCUT2D eigenvalue weighted by atomic mass is 9.95. The van der Waals surface area contributed by atoms with Crippen LogP contribution in [0.2, 0.25) is 0 Å². The number of carbonyl (C=O) groups excluding carboxylic acids is 1. The minimum absolute atomic E-state index is 0.0532. The van der Waals surface area contributed by atoms with E-state index < -0.39 is 0 Å². The molecule has 1 fully saturated rings. The van der Waals surface area contributed by atoms with Crippen LogP contribution in [-0.4, -0.2) is 18.4 Å². The van der Waals surface area contributed by atoms with E-state index in [1.165, 1.54) is 6.26 Å². The van der Waals surface area contributed by atoms with Gasteiger partial charge in [-0.1, -0.05) is 0 Å². The highest BCUT2D eigenvalue weighted by atomic mass is 79.9. The van der Waals surface area contributed by atoms with Crippen LogP contribution < -0.4 is 5.32 Å². The molecular weight excluding hydrogens is 246 g/mol. The Labute approximate surface area is 91.0 Å². The van der Waals surface area contributed by atoms with Crippen LogP contribution in [0.25, 0.3) is 0 Å². The van der Waals surface area contributed by atoms with Crippen LogP contribution in [0.5, 0.6) is 0 Å². The van der Waals surface area contributed by atoms with Crippen LogP contribution >= 0.6 is 15.9 Å². The molecule has 76 valence electrons. The molecule has 0 spiro atoms. The number of hydrogen-bond donors (Lipinski definition) is 1. The zero-order valence-electron chi connectivity index (χ0n) is 7.92. The fraction of sp³-hybridized carbons (Fsp3) is 0.500. The number of ketones is 1. The molecule has 0 amide bonds. The average Bonchev–Trinajstić information content (AvgIpc) is 2.73. The summed E-state index contributed by atoms with van der Waals surface area (Å²) >= 11 is 3.30. The van der Waals surface area contributed by atoms with Crippen LogP contribution in [0.3, 0.4) is 0 Å². The molecule has 2 rings (SSSR count). The van der Waals surface area contributed by atoms with Crippen molar-refractivity contribution >= 4 is 21.7 Å². The Hall–Kier alpha value is -0.610. The summed E-state index contributed by atoms with van der Waals surface area (Å²) in [5.74, 6) is 0.599. The molecule has 14 heavy (non-hydrogen) atoms. The second-order valence-corrected chi connectivity index (χ2v) is 4.45. The van der Waals surface area contributed by atoms with Gasteiger partial charge in [0.2, 0.25) is 5.78 Å². The van der Waals surface area contributed by atoms with E-state index in [4.69, 9.17) is 4.42 Å². The second kappa shape index (κ2) is 3.87. The van der Waals surface area contributed by atoms with Gasteiger partial charge in [-0.15, -0.1) is 0 Å². The first-order valence-electron chi connectivity index (χ1n) is 4.70. The Morgan fingerprint density at radius 2 is 2.50 bits per heavy atom. The van der Waals surface area contributed by atoms with Crippen molar-refractivity contribution in [1.29, 1.82) is 0 Å². The van der Waals surface area contributed by atoms with E-state index in [1.54, 1.807) is 6.07 Å². The van der Waals surface area contributed by atoms with Crippen molar-refractivity contribution in [3.8, 4) is 0 Å². The maximum absolute atomic E-state index is 12.0. The molecule has 4 heteroatoms. The molecule has 0 radical (unpaired) electrons. The Kier molecular flexibility index (Phi) is 2.74. The lowest BCUT2D eigenvalue weighted by Crippen LogP contribution is -2.28. The summed E-state index contributed by atoms with van der Waals surface area (Å²) in [7, 11) is 0. The molecular formula is C10H12BrNO2. The van der Waals surface area contributed by atoms with Gasteiger partial charge in [-0.3, -0.25) is 4.79 Å². The van der Waals surface area contributed by atoms with Crippen molar-refractivity contribution in [2.75, 3.05) is 6.54 Å². The van der Waals surface area contributed by atoms with Gasteiger partial charge in [0.25, 0.3) is 0 Å². The first-order chi connectivity index (χ1) is 6.70. The quantitative estimate of drug-likeness (QED) is 0.827. The van der Waals surface area contributed by atoms with Crippen molar-refractivity contribution in [3.63, 3.8) is 0 Å². The Morgan fingerprint density at radius 1 is 1.71 bits per heavy atom. The van der Waals surface area contributed by atoms with Crippen LogP contribution in [0.4, 0.5) is 0 Å². The SMILES string of the molecule is CC1NCCC1C(=O)c1occc1Br. The zero-order valence-corrected chi connectivity index (χ0v) is 9.50. The fourth-order valence-electron chi connectivity index (χ4n) is 1.85. The monoisotopic (exact) mass is 257 g/mol. The van der Waals surface area contributed by atoms with Gasteiger partial charge >= 0.3 is 0 Å². The topological polar surface area (TPSA) is 42.2 Å². The van der Waals surface area contributed by atoms with Gasteiger partial charge in [-0.2, -0.15) is 0 Å². The first kappa shape index (κ1) is 9.93. The number of rotatable bonds is 2. The zero-order chi connectivity index (χ0) is 10.1. The molecule has 0 saturated carbocycles. The molecule has 0 aromatic carbocycles. The van der Waals surface area contributed by atoms with Gasteiger partial charge in [0.15, 0.2) is 5.76 Å². The smallest absolute Gasteiger partial charge is 0.203 e. The summed E-state index contributed by atoms with van der Waals surface area (Å²) < 4.78 is 5.91. The maximum atomic E-state index is 12.0. The molecule has 2 atom stereocenters. The highest BCUT2D eigenvalue weighted by Gasteiger charge is 2.32. The third-order valence-corrected chi connectivity index (χ3v) is 3.33. The molecule has 2 unspecified atom stereocenters. The molecule has 1 aromatic rings. The summed E-state index contributed by atoms with van der Waals surface area (Å²) in [5, 5.41) is 3.25. The predicted octanol–water partition coefficient (Wildman–Crippen LogP) is 2.22. The summed E-state index contributed by atoms with van der Waals surface area (Å²) in [5.41, 5.74) is 0. The number of halogens is 1. The fourth-order valence-corrected chi connectivity index (χ4v) is 2.25. The standard InChI is InChI=1S/C10H12BrNO2/c1-6-7(2-4-12-6)9(13)10-8(11)3-5-14-10/h3,5-7,12H,2,4H2,1H3. The van der Waals surface area contributed by atoms with E-state index in [0.29, 0.717) is 5.76 Å². The molecule has 1 saturated heterocycles. The van der Waals surface area contributed by atoms with E-state index >= 15 is 0 Å². The second-order valence-electron chi connectivity index (χ2n) is 3.60. The van der Waals surface area contributed by atoms with Gasteiger partial charge in [-0.25, -0.2) is 0 Å². The average molecular weight is 258 g/mol. The van der Waals surface area contributed by atoms with Crippen molar-refractivity contribution in [1.82, 2.24) is 5.32 Å². The van der Waals surface area contributed by atoms with Crippen molar-refractivity contribution in [3.05, 3.63) is 22.6 Å². The van der Waals surface area contributed by atoms with Gasteiger partial charge in [0.1, 0.15) is 0 Å². The van der Waals surface area contributed by atoms with Crippen molar-refractivity contribution in [2.24, 2.45) is 5.92 Å². The maximum Gasteiger partial charge on any atom is 0.203 e. The van der Waals surface area contributed by atoms with Gasteiger partial charge in [0, 0.05) is 12.0 Å². The van der Waals surface area contributed by atoms with Gasteiger partial charge < -0.3 is 9.73 Å². The molecule has 2 heterocycles. The molecule has 0 aliphatic carbocycles. The number of hydrogen-bond acceptors (Lipinski definition) is 3. The summed E-state index contributed by atoms with van der Waals surface area (Å²) in [6.07, 6.45) is 2.43. The lowest BCUT2D eigenvalue weighted by Gasteiger charge is -2.11. The summed E-state index contributed by atoms with van der Waals surface area (Å²) in [6, 6.07) is 2.00. The number of Topliss-reactive ketones (excluding diaryl/α,β-unsaturated/α-hetero) is 1. The van der Waals surface area contributed by atoms with Crippen LogP contribution in [-0.2, 0) is 0 Å². The Balaban J connectivity index is 2.20. The molecule has 1 N–H and O–H groups in total. The van der Waals surface area contributed by atoms with Crippen LogP contribution in [0.15, 0.2) is 21.2 Å². The molecule has 1 aliphatic heterocycles. The minimum atomic E-state index is 0.0532. The molecule has 3 nitrogen and oxygen atoms in total.